The van der Waals surface area contributed by atoms with Crippen molar-refractivity contribution in [3.63, 3.8) is 0 Å². The van der Waals surface area contributed by atoms with E-state index in [1.54, 1.807) is 19.2 Å². The fourth-order valence-electron chi connectivity index (χ4n) is 2.62. The molecule has 0 saturated carbocycles. The number of carbonyl (C=O) groups excluding carboxylic acids is 1. The number of quaternary nitrogens is 1. The van der Waals surface area contributed by atoms with Gasteiger partial charge in [0.05, 0.1) is 32.9 Å². The number of nitrogens with zero attached hydrogens (tertiary/aromatic N) is 1. The van der Waals surface area contributed by atoms with Crippen LogP contribution in [0.25, 0.3) is 0 Å². The number of benzene rings is 1. The minimum atomic E-state index is -0.0967. The molecule has 1 aliphatic heterocycles. The number of hydrogen-bond acceptors (Lipinski definition) is 4. The Morgan fingerprint density at radius 2 is 2.05 bits per heavy atom. The van der Waals surface area contributed by atoms with Gasteiger partial charge in [0.2, 0.25) is 0 Å². The number of methoxy groups -OCH3 is 1. The summed E-state index contributed by atoms with van der Waals surface area (Å²) in [6.45, 7) is 5.95. The number of amides is 1. The quantitative estimate of drug-likeness (QED) is 0.429. The summed E-state index contributed by atoms with van der Waals surface area (Å²) in [7, 11) is 3.65. The van der Waals surface area contributed by atoms with Gasteiger partial charge in [0.25, 0.3) is 5.91 Å². The Bertz CT molecular complexity index is 531. The van der Waals surface area contributed by atoms with Crippen molar-refractivity contribution in [3.8, 4) is 11.5 Å². The van der Waals surface area contributed by atoms with Crippen molar-refractivity contribution in [3.05, 3.63) is 17.7 Å². The van der Waals surface area contributed by atoms with Gasteiger partial charge in [-0.05, 0) is 18.6 Å². The van der Waals surface area contributed by atoms with Gasteiger partial charge in [-0.25, -0.2) is 0 Å². The molecule has 1 aromatic carbocycles. The number of ether oxygens (including phenoxy) is 1. The van der Waals surface area contributed by atoms with Crippen LogP contribution in [-0.4, -0.2) is 62.4 Å². The van der Waals surface area contributed by atoms with Crippen molar-refractivity contribution in [1.29, 1.82) is 0 Å². The van der Waals surface area contributed by atoms with Gasteiger partial charge in [-0.2, -0.15) is 0 Å². The summed E-state index contributed by atoms with van der Waals surface area (Å²) < 4.78 is 5.93. The predicted molar refractivity (Wildman–Crippen MR) is 81.7 cm³/mol. The smallest absolute Gasteiger partial charge is 0.279 e. The summed E-state index contributed by atoms with van der Waals surface area (Å²) >= 11 is 0. The van der Waals surface area contributed by atoms with Crippen molar-refractivity contribution < 1.29 is 31.5 Å². The number of aryl methyl sites for hydroxylation is 1. The third-order valence-electron chi connectivity index (χ3n) is 3.97. The molecule has 7 heteroatoms. The molecule has 1 amide bonds. The van der Waals surface area contributed by atoms with E-state index in [-0.39, 0.29) is 24.1 Å². The monoisotopic (exact) mass is 329 g/mol. The van der Waals surface area contributed by atoms with E-state index < -0.39 is 0 Å². The van der Waals surface area contributed by atoms with Crippen LogP contribution in [0.3, 0.4) is 0 Å². The van der Waals surface area contributed by atoms with E-state index in [0.29, 0.717) is 22.5 Å². The minimum Gasteiger partial charge on any atom is -1.00 e. The van der Waals surface area contributed by atoms with Crippen LogP contribution in [0.1, 0.15) is 5.56 Å². The third-order valence-corrected chi connectivity index (χ3v) is 3.97. The van der Waals surface area contributed by atoms with E-state index in [0.717, 1.165) is 31.7 Å². The molecule has 1 aromatic rings. The molecule has 0 atom stereocenters. The van der Waals surface area contributed by atoms with Gasteiger partial charge in [-0.1, -0.05) is 0 Å². The number of halogens is 1. The van der Waals surface area contributed by atoms with Crippen LogP contribution in [-0.2, 0) is 4.79 Å². The van der Waals surface area contributed by atoms with E-state index in [2.05, 4.69) is 17.7 Å². The standard InChI is InChI=1S/C15H23N3O3.ClH/c1-11-8-13(19)12(9-14(11)21-3)17-15(20)10-18(2)6-4-16-5-7-18;/h8-9,16H,4-7,10H2,1-3H3,(H-,17,19,20);1H. The molecule has 0 aliphatic carbocycles. The number of nitrogens with one attached hydrogen (secondary N) is 2. The fourth-order valence-corrected chi connectivity index (χ4v) is 2.62. The normalized spacial score (nSPS) is 16.5. The molecule has 0 aromatic heterocycles. The summed E-state index contributed by atoms with van der Waals surface area (Å²) in [6, 6.07) is 3.25. The molecular formula is C15H24ClN3O3. The van der Waals surface area contributed by atoms with Crippen molar-refractivity contribution in [2.75, 3.05) is 52.2 Å². The first-order valence-corrected chi connectivity index (χ1v) is 7.15. The molecule has 3 N–H and O–H groups in total. The molecule has 0 spiro atoms. The lowest BCUT2D eigenvalue weighted by Crippen LogP contribution is -3.00. The average Bonchev–Trinajstić information content (AvgIpc) is 2.42. The summed E-state index contributed by atoms with van der Waals surface area (Å²) in [4.78, 5) is 12.2. The summed E-state index contributed by atoms with van der Waals surface area (Å²) in [5, 5.41) is 16.0. The van der Waals surface area contributed by atoms with Gasteiger partial charge in [0.15, 0.2) is 6.54 Å². The van der Waals surface area contributed by atoms with Crippen LogP contribution in [0.15, 0.2) is 12.1 Å². The van der Waals surface area contributed by atoms with Crippen LogP contribution >= 0.6 is 0 Å². The third kappa shape index (κ3) is 4.50. The van der Waals surface area contributed by atoms with E-state index in [1.165, 1.54) is 0 Å². The van der Waals surface area contributed by atoms with Gasteiger partial charge >= 0.3 is 0 Å². The largest absolute Gasteiger partial charge is 1.00 e. The number of phenols is 1. The maximum atomic E-state index is 12.2. The molecule has 22 heavy (non-hydrogen) atoms. The molecule has 124 valence electrons. The van der Waals surface area contributed by atoms with E-state index in [9.17, 15) is 9.90 Å². The zero-order valence-electron chi connectivity index (χ0n) is 13.3. The lowest BCUT2D eigenvalue weighted by molar-refractivity contribution is -0.903. The Morgan fingerprint density at radius 3 is 2.64 bits per heavy atom. The first kappa shape index (κ1) is 18.5. The van der Waals surface area contributed by atoms with Crippen LogP contribution < -0.4 is 27.8 Å². The maximum absolute atomic E-state index is 12.2. The second-order valence-electron chi connectivity index (χ2n) is 5.86. The number of rotatable bonds is 4. The Labute approximate surface area is 137 Å². The van der Waals surface area contributed by atoms with Crippen molar-refractivity contribution in [2.24, 2.45) is 0 Å². The van der Waals surface area contributed by atoms with Crippen molar-refractivity contribution >= 4 is 11.6 Å². The number of likely N-dealkylation sites (N-methyl/N-ethyl adjacent to an activating group) is 1. The molecule has 1 saturated heterocycles. The predicted octanol–water partition coefficient (Wildman–Crippen LogP) is -2.30. The molecule has 0 bridgehead atoms. The van der Waals surface area contributed by atoms with Crippen LogP contribution in [0.5, 0.6) is 11.5 Å². The Balaban J connectivity index is 0.00000242. The summed E-state index contributed by atoms with van der Waals surface area (Å²) in [5.74, 6) is 0.607. The first-order valence-electron chi connectivity index (χ1n) is 7.15. The van der Waals surface area contributed by atoms with Crippen LogP contribution in [0.2, 0.25) is 0 Å². The highest BCUT2D eigenvalue weighted by molar-refractivity contribution is 5.93. The minimum absolute atomic E-state index is 0. The Morgan fingerprint density at radius 1 is 1.41 bits per heavy atom. The number of hydrogen-bond donors (Lipinski definition) is 3. The SMILES string of the molecule is COc1cc(NC(=O)C[N+]2(C)CCNCC2)c(O)cc1C.[Cl-]. The molecule has 0 radical (unpaired) electrons. The summed E-state index contributed by atoms with van der Waals surface area (Å²) in [6.07, 6.45) is 0. The highest BCUT2D eigenvalue weighted by Gasteiger charge is 2.27. The lowest BCUT2D eigenvalue weighted by Gasteiger charge is -2.37. The zero-order valence-corrected chi connectivity index (χ0v) is 14.0. The van der Waals surface area contributed by atoms with E-state index in [1.807, 2.05) is 6.92 Å². The first-order chi connectivity index (χ1) is 9.93. The number of carbonyl (C=O) groups is 1. The van der Waals surface area contributed by atoms with Gasteiger partial charge in [-0.3, -0.25) is 4.79 Å². The number of piperazine rings is 1. The fraction of sp³-hybridized carbons (Fsp3) is 0.533. The Kier molecular flexibility index (Phi) is 6.47. The maximum Gasteiger partial charge on any atom is 0.279 e. The highest BCUT2D eigenvalue weighted by Crippen LogP contribution is 2.31. The number of phenolic OH excluding ortho intramolecular Hbond substituents is 1. The van der Waals surface area contributed by atoms with Gasteiger partial charge in [0, 0.05) is 19.2 Å². The molecular weight excluding hydrogens is 306 g/mol. The molecule has 2 rings (SSSR count). The van der Waals surface area contributed by atoms with Gasteiger partial charge < -0.3 is 37.4 Å². The van der Waals surface area contributed by atoms with E-state index >= 15 is 0 Å². The topological polar surface area (TPSA) is 70.6 Å². The van der Waals surface area contributed by atoms with Crippen molar-refractivity contribution in [1.82, 2.24) is 5.32 Å². The molecule has 6 nitrogen and oxygen atoms in total. The molecule has 1 aliphatic rings. The lowest BCUT2D eigenvalue weighted by atomic mass is 10.2. The molecule has 1 fully saturated rings. The highest BCUT2D eigenvalue weighted by atomic mass is 35.5. The van der Waals surface area contributed by atoms with Crippen LogP contribution in [0.4, 0.5) is 5.69 Å². The Hall–Kier alpha value is -1.50. The average molecular weight is 330 g/mol. The molecule has 1 heterocycles. The van der Waals surface area contributed by atoms with E-state index in [4.69, 9.17) is 4.74 Å². The molecule has 0 unspecified atom stereocenters. The number of aromatic hydroxyl groups is 1. The van der Waals surface area contributed by atoms with Crippen LogP contribution in [0, 0.1) is 6.92 Å². The summed E-state index contributed by atoms with van der Waals surface area (Å²) in [5.41, 5.74) is 1.22. The second kappa shape index (κ2) is 7.67. The van der Waals surface area contributed by atoms with Gasteiger partial charge in [0.1, 0.15) is 11.5 Å². The van der Waals surface area contributed by atoms with Gasteiger partial charge in [-0.15, -0.1) is 0 Å². The zero-order chi connectivity index (χ0) is 15.5. The number of anilines is 1. The second-order valence-corrected chi connectivity index (χ2v) is 5.86. The van der Waals surface area contributed by atoms with Crippen molar-refractivity contribution in [2.45, 2.75) is 6.92 Å².